The number of ether oxygens (including phenoxy) is 1. The number of methoxy groups -OCH3 is 1. The maximum Gasteiger partial charge on any atom is 0.305 e. The van der Waals surface area contributed by atoms with Gasteiger partial charge in [-0.1, -0.05) is 55.0 Å². The Bertz CT molecular complexity index is 3560. The molecule has 0 spiro atoms. The van der Waals surface area contributed by atoms with E-state index in [9.17, 15) is 85.7 Å². The first-order valence-electron chi connectivity index (χ1n) is 29.6. The lowest BCUT2D eigenvalue weighted by molar-refractivity contribution is -0.140. The highest BCUT2D eigenvalue weighted by Gasteiger charge is 2.34. The summed E-state index contributed by atoms with van der Waals surface area (Å²) in [6.45, 7) is -0.626. The molecule has 1 aromatic heterocycles. The van der Waals surface area contributed by atoms with Crippen LogP contribution in [0.5, 0.6) is 5.75 Å². The van der Waals surface area contributed by atoms with Crippen molar-refractivity contribution >= 4 is 92.0 Å². The molecule has 29 nitrogen and oxygen atoms in total. The van der Waals surface area contributed by atoms with E-state index in [-0.39, 0.29) is 43.0 Å². The molecule has 5 rings (SSSR count). The smallest absolute Gasteiger partial charge is 0.305 e. The molecule has 0 saturated carbocycles. The number of carbonyl (C=O) groups excluding carboxylic acids is 9. The summed E-state index contributed by atoms with van der Waals surface area (Å²) in [7, 11) is -3.28. The molecule has 0 aliphatic carbocycles. The number of aromatic amines is 1. The topological polar surface area (TPSA) is 459 Å². The number of fused-ring (bicyclic) bond motifs is 1. The Morgan fingerprint density at radius 2 is 1.13 bits per heavy atom. The van der Waals surface area contributed by atoms with Gasteiger partial charge in [-0.2, -0.15) is 4.72 Å². The Balaban J connectivity index is 1.24. The largest absolute Gasteiger partial charge is 0.497 e. The lowest BCUT2D eigenvalue weighted by Gasteiger charge is -2.26. The fourth-order valence-corrected chi connectivity index (χ4v) is 10.7. The number of H-pyrrole nitrogens is 1. The van der Waals surface area contributed by atoms with Gasteiger partial charge in [-0.05, 0) is 111 Å². The second kappa shape index (κ2) is 37.1. The number of para-hydroxylation sites is 1. The van der Waals surface area contributed by atoms with Crippen molar-refractivity contribution in [2.24, 2.45) is 5.73 Å². The number of carbonyl (C=O) groups is 12. The second-order valence-corrected chi connectivity index (χ2v) is 23.2. The third-order valence-corrected chi connectivity index (χ3v) is 15.8. The predicted molar refractivity (Wildman–Crippen MR) is 331 cm³/mol. The molecule has 9 amide bonds. The van der Waals surface area contributed by atoms with E-state index in [4.69, 9.17) is 10.5 Å². The Labute approximate surface area is 533 Å². The first-order chi connectivity index (χ1) is 44.3. The van der Waals surface area contributed by atoms with Gasteiger partial charge in [-0.15, -0.1) is 0 Å². The maximum atomic E-state index is 14.6. The first kappa shape index (κ1) is 73.4. The highest BCUT2D eigenvalue weighted by molar-refractivity contribution is 7.89. The summed E-state index contributed by atoms with van der Waals surface area (Å²) >= 11 is 0. The van der Waals surface area contributed by atoms with E-state index in [1.165, 1.54) is 31.4 Å². The van der Waals surface area contributed by atoms with Gasteiger partial charge < -0.3 is 73.3 Å². The molecular formula is C62H76FN11O18S. The molecule has 5 aromatic rings. The Morgan fingerprint density at radius 1 is 0.548 bits per heavy atom. The zero-order valence-corrected chi connectivity index (χ0v) is 51.5. The highest BCUT2D eigenvalue weighted by Crippen LogP contribution is 2.21. The molecule has 0 aliphatic heterocycles. The van der Waals surface area contributed by atoms with Crippen molar-refractivity contribution < 1.29 is 90.4 Å². The number of aromatic nitrogens is 1. The summed E-state index contributed by atoms with van der Waals surface area (Å²) in [6.07, 6.45) is -0.403. The van der Waals surface area contributed by atoms with Crippen molar-refractivity contribution in [3.8, 4) is 5.75 Å². The molecule has 0 fully saturated rings. The van der Waals surface area contributed by atoms with E-state index >= 15 is 0 Å². The van der Waals surface area contributed by atoms with Gasteiger partial charge in [0.25, 0.3) is 5.91 Å². The Morgan fingerprint density at radius 3 is 1.75 bits per heavy atom. The fraction of sp³-hybridized carbons (Fsp3) is 0.387. The van der Waals surface area contributed by atoms with Crippen molar-refractivity contribution in [3.63, 3.8) is 0 Å². The van der Waals surface area contributed by atoms with E-state index in [1.54, 1.807) is 60.8 Å². The van der Waals surface area contributed by atoms with E-state index in [1.807, 2.05) is 4.72 Å². The minimum absolute atomic E-state index is 0.0105. The average molecular weight is 1310 g/mol. The maximum absolute atomic E-state index is 14.6. The minimum Gasteiger partial charge on any atom is -0.497 e. The fourth-order valence-electron chi connectivity index (χ4n) is 9.48. The summed E-state index contributed by atoms with van der Waals surface area (Å²) in [5.41, 5.74) is 7.33. The number of benzene rings is 4. The molecule has 15 N–H and O–H groups in total. The van der Waals surface area contributed by atoms with Gasteiger partial charge in [0.2, 0.25) is 57.3 Å². The van der Waals surface area contributed by atoms with Gasteiger partial charge in [0.05, 0.1) is 25.0 Å². The number of unbranched alkanes of at least 4 members (excludes halogenated alkanes) is 3. The molecule has 1 heterocycles. The number of carboxylic acid groups (broad SMARTS) is 3. The molecule has 0 radical (unpaired) electrons. The van der Waals surface area contributed by atoms with Gasteiger partial charge in [0.15, 0.2) is 0 Å². The lowest BCUT2D eigenvalue weighted by atomic mass is 10.0. The van der Waals surface area contributed by atoms with Crippen LogP contribution in [-0.4, -0.2) is 163 Å². The van der Waals surface area contributed by atoms with Crippen molar-refractivity contribution in [2.75, 3.05) is 26.7 Å². The van der Waals surface area contributed by atoms with Gasteiger partial charge in [-0.3, -0.25) is 57.5 Å². The van der Waals surface area contributed by atoms with Crippen LogP contribution in [0.4, 0.5) is 4.39 Å². The molecule has 31 heteroatoms. The Kier molecular flexibility index (Phi) is 29.3. The minimum atomic E-state index is -4.60. The van der Waals surface area contributed by atoms with Crippen molar-refractivity contribution in [2.45, 2.75) is 131 Å². The molecule has 500 valence electrons. The van der Waals surface area contributed by atoms with E-state index in [2.05, 4.69) is 47.5 Å². The summed E-state index contributed by atoms with van der Waals surface area (Å²) in [5, 5.41) is 49.3. The van der Waals surface area contributed by atoms with Crippen LogP contribution >= 0.6 is 0 Å². The number of halogens is 1. The molecule has 0 saturated heterocycles. The van der Waals surface area contributed by atoms with Gasteiger partial charge in [-0.25, -0.2) is 12.8 Å². The number of carboxylic acids is 3. The molecule has 6 unspecified atom stereocenters. The van der Waals surface area contributed by atoms with Crippen LogP contribution < -0.4 is 57.7 Å². The number of primary amides is 1. The zero-order chi connectivity index (χ0) is 68.0. The van der Waals surface area contributed by atoms with Gasteiger partial charge in [0, 0.05) is 67.9 Å². The van der Waals surface area contributed by atoms with Crippen molar-refractivity contribution in [3.05, 3.63) is 132 Å². The molecule has 4 aromatic carbocycles. The van der Waals surface area contributed by atoms with Gasteiger partial charge in [0.1, 0.15) is 47.8 Å². The first-order valence-corrected chi connectivity index (χ1v) is 31.1. The molecule has 6 atom stereocenters. The summed E-state index contributed by atoms with van der Waals surface area (Å²) in [6, 6.07) is 15.7. The summed E-state index contributed by atoms with van der Waals surface area (Å²) < 4.78 is 48.1. The number of nitrogens with two attached hydrogens (primary N) is 1. The highest BCUT2D eigenvalue weighted by atomic mass is 32.2. The normalized spacial score (nSPS) is 13.1. The van der Waals surface area contributed by atoms with Crippen LogP contribution in [0.3, 0.4) is 0 Å². The monoisotopic (exact) mass is 1310 g/mol. The van der Waals surface area contributed by atoms with E-state index < -0.39 is 167 Å². The van der Waals surface area contributed by atoms with Crippen LogP contribution in [0, 0.1) is 5.82 Å². The van der Waals surface area contributed by atoms with Crippen molar-refractivity contribution in [1.82, 2.24) is 52.2 Å². The number of nitrogens with one attached hydrogen (secondary N) is 10. The number of amides is 9. The van der Waals surface area contributed by atoms with Crippen LogP contribution in [-0.2, 0) is 75.6 Å². The van der Waals surface area contributed by atoms with Crippen LogP contribution in [0.15, 0.2) is 114 Å². The predicted octanol–water partition coefficient (Wildman–Crippen LogP) is 0.955. The number of rotatable bonds is 41. The molecule has 0 bridgehead atoms. The quantitative estimate of drug-likeness (QED) is 0.0242. The number of aliphatic carboxylic acids is 3. The summed E-state index contributed by atoms with van der Waals surface area (Å²) in [4.78, 5) is 159. The number of sulfonamides is 1. The zero-order valence-electron chi connectivity index (χ0n) is 50.7. The standard InChI is InChI=1S/C62H76FN11O18S/c1-92-41-21-23-42(24-22-41)93(90,91)74-50(34-55(81)82)62(89)72-47(26-28-54(79)80)59(86)68-36-52(76)70-48(32-37-13-12-16-40(63)31-37)60(87)73-49(33-39-35-67-44-18-8-7-17-43(39)44)61(88)71-46(25-27-53(77)78)58(85)66-29-10-3-6-20-51(75)69-45(56(64)83)19-9-11-30-65-57(84)38-14-4-2-5-15-38/h2,4-5,7-8,12-18,21-24,31,35,45-50,67,74H,3,6,9-11,19-20,25-30,32-34,36H2,1H3,(H2,64,83)(H,65,84)(H,66,85)(H,68,86)(H,69,75)(H,70,76)(H,71,88)(H,72,89)(H,73,87)(H,77,78)(H,79,80)(H,81,82). The second-order valence-electron chi connectivity index (χ2n) is 21.5. The Hall–Kier alpha value is -10.3. The third-order valence-electron chi connectivity index (χ3n) is 14.4. The lowest BCUT2D eigenvalue weighted by Crippen LogP contribution is -2.58. The van der Waals surface area contributed by atoms with E-state index in [0.717, 1.165) is 24.3 Å². The molecule has 0 aliphatic rings. The number of hydrogen-bond donors (Lipinski definition) is 14. The summed E-state index contributed by atoms with van der Waals surface area (Å²) in [5.74, 6) is -12.8. The molecular weight excluding hydrogens is 1240 g/mol. The number of hydrogen-bond acceptors (Lipinski definition) is 15. The van der Waals surface area contributed by atoms with Crippen molar-refractivity contribution in [1.29, 1.82) is 0 Å². The average Bonchev–Trinajstić information content (AvgIpc) is 1.84. The van der Waals surface area contributed by atoms with Crippen LogP contribution in [0.2, 0.25) is 0 Å². The van der Waals surface area contributed by atoms with Gasteiger partial charge >= 0.3 is 17.9 Å². The molecule has 93 heavy (non-hydrogen) atoms. The third kappa shape index (κ3) is 25.5. The SMILES string of the molecule is COc1ccc(S(=O)(=O)NC(CC(=O)O)C(=O)NC(CCC(=O)O)C(=O)NCC(=O)NC(Cc2cccc(F)c2)C(=O)NC(Cc2c[nH]c3ccccc23)C(=O)NC(CCC(=O)O)C(=O)NCCCCCC(=O)NC(CCCCNC(=O)c2ccccc2)C(N)=O)cc1. The van der Waals surface area contributed by atoms with Crippen LogP contribution in [0.1, 0.15) is 98.5 Å². The van der Waals surface area contributed by atoms with Crippen LogP contribution in [0.25, 0.3) is 10.9 Å². The van der Waals surface area contributed by atoms with E-state index in [0.29, 0.717) is 60.7 Å².